The molecule has 3 nitrogen and oxygen atoms in total. The van der Waals surface area contributed by atoms with Crippen molar-refractivity contribution in [3.8, 4) is 0 Å². The lowest BCUT2D eigenvalue weighted by Crippen LogP contribution is -2.37. The van der Waals surface area contributed by atoms with E-state index in [4.69, 9.17) is 4.74 Å². The number of carbonyl (C=O) groups excluding carboxylic acids is 1. The average Bonchev–Trinajstić information content (AvgIpc) is 2.38. The number of fused-ring (bicyclic) bond motifs is 2. The quantitative estimate of drug-likeness (QED) is 0.742. The second-order valence-electron chi connectivity index (χ2n) is 4.61. The van der Waals surface area contributed by atoms with Crippen molar-refractivity contribution >= 4 is 17.4 Å². The first-order valence-electron chi connectivity index (χ1n) is 6.18. The number of carbonyl (C=O) groups is 1. The molecule has 1 aromatic carbocycles. The Labute approximate surface area is 101 Å². The number of hydrogen-bond donors (Lipinski definition) is 0. The van der Waals surface area contributed by atoms with Crippen LogP contribution in [0.2, 0.25) is 0 Å². The molecular weight excluding hydrogens is 214 g/mol. The maximum atomic E-state index is 12.3. The van der Waals surface area contributed by atoms with Gasteiger partial charge in [-0.1, -0.05) is 19.1 Å². The number of benzene rings is 1. The van der Waals surface area contributed by atoms with Crippen molar-refractivity contribution in [1.82, 2.24) is 0 Å². The van der Waals surface area contributed by atoms with Gasteiger partial charge in [0.1, 0.15) is 0 Å². The average molecular weight is 229 g/mol. The van der Waals surface area contributed by atoms with Gasteiger partial charge in [0, 0.05) is 5.56 Å². The number of ketones is 1. The molecule has 3 rings (SSSR count). The zero-order chi connectivity index (χ0) is 11.8. The van der Waals surface area contributed by atoms with Crippen LogP contribution in [0.3, 0.4) is 0 Å². The van der Waals surface area contributed by atoms with Gasteiger partial charge in [0.2, 0.25) is 0 Å². The first-order chi connectivity index (χ1) is 8.29. The van der Waals surface area contributed by atoms with Gasteiger partial charge in [-0.15, -0.1) is 0 Å². The van der Waals surface area contributed by atoms with E-state index in [1.54, 1.807) is 0 Å². The zero-order valence-electron chi connectivity index (χ0n) is 9.85. The third kappa shape index (κ3) is 1.66. The fourth-order valence-electron chi connectivity index (χ4n) is 2.51. The minimum Gasteiger partial charge on any atom is -0.477 e. The van der Waals surface area contributed by atoms with Crippen molar-refractivity contribution < 1.29 is 9.53 Å². The molecule has 0 spiro atoms. The normalized spacial score (nSPS) is 26.6. The van der Waals surface area contributed by atoms with Crippen LogP contribution >= 0.6 is 0 Å². The van der Waals surface area contributed by atoms with E-state index in [2.05, 4.69) is 11.9 Å². The van der Waals surface area contributed by atoms with E-state index >= 15 is 0 Å². The van der Waals surface area contributed by atoms with Crippen molar-refractivity contribution in [1.29, 1.82) is 0 Å². The zero-order valence-corrected chi connectivity index (χ0v) is 9.85. The Bertz CT molecular complexity index is 493. The molecule has 88 valence electrons. The number of ether oxygens (including phenoxy) is 1. The van der Waals surface area contributed by atoms with Crippen molar-refractivity contribution in [2.24, 2.45) is 10.9 Å². The minimum absolute atomic E-state index is 0.146. The van der Waals surface area contributed by atoms with E-state index in [9.17, 15) is 4.79 Å². The second-order valence-corrected chi connectivity index (χ2v) is 4.61. The monoisotopic (exact) mass is 229 g/mol. The lowest BCUT2D eigenvalue weighted by molar-refractivity contribution is 0.0820. The Kier molecular flexibility index (Phi) is 2.46. The van der Waals surface area contributed by atoms with Crippen LogP contribution in [0.15, 0.2) is 29.3 Å². The summed E-state index contributed by atoms with van der Waals surface area (Å²) in [4.78, 5) is 16.8. The van der Waals surface area contributed by atoms with Crippen LogP contribution in [0.5, 0.6) is 0 Å². The van der Waals surface area contributed by atoms with Gasteiger partial charge < -0.3 is 4.74 Å². The summed E-state index contributed by atoms with van der Waals surface area (Å²) in [6.07, 6.45) is 3.02. The number of rotatable bonds is 1. The van der Waals surface area contributed by atoms with Gasteiger partial charge in [0.05, 0.1) is 17.7 Å². The highest BCUT2D eigenvalue weighted by Gasteiger charge is 2.37. The highest BCUT2D eigenvalue weighted by Crippen LogP contribution is 2.34. The summed E-state index contributed by atoms with van der Waals surface area (Å²) >= 11 is 0. The molecule has 2 atom stereocenters. The second kappa shape index (κ2) is 3.99. The minimum atomic E-state index is -0.146. The Morgan fingerprint density at radius 1 is 1.35 bits per heavy atom. The Hall–Kier alpha value is -1.64. The molecule has 17 heavy (non-hydrogen) atoms. The van der Waals surface area contributed by atoms with Crippen LogP contribution < -0.4 is 0 Å². The summed E-state index contributed by atoms with van der Waals surface area (Å²) in [5.41, 5.74) is 1.49. The molecule has 3 heteroatoms. The predicted molar refractivity (Wildman–Crippen MR) is 65.8 cm³/mol. The molecule has 2 aliphatic rings. The van der Waals surface area contributed by atoms with Gasteiger partial charge in [-0.3, -0.25) is 4.79 Å². The molecular formula is C14H15NO2. The van der Waals surface area contributed by atoms with E-state index < -0.39 is 0 Å². The van der Waals surface area contributed by atoms with Crippen molar-refractivity contribution in [2.75, 3.05) is 0 Å². The van der Waals surface area contributed by atoms with Gasteiger partial charge in [-0.2, -0.15) is 0 Å². The van der Waals surface area contributed by atoms with Crippen LogP contribution in [0, 0.1) is 5.92 Å². The van der Waals surface area contributed by atoms with E-state index in [0.717, 1.165) is 30.5 Å². The molecule has 1 aromatic rings. The first kappa shape index (κ1) is 10.5. The summed E-state index contributed by atoms with van der Waals surface area (Å²) in [5, 5.41) is 0. The Morgan fingerprint density at radius 3 is 3.00 bits per heavy atom. The Balaban J connectivity index is 2.01. The van der Waals surface area contributed by atoms with E-state index in [1.807, 2.05) is 24.3 Å². The van der Waals surface area contributed by atoms with Crippen LogP contribution in [-0.4, -0.2) is 17.8 Å². The van der Waals surface area contributed by atoms with Gasteiger partial charge in [-0.05, 0) is 31.4 Å². The maximum Gasteiger partial charge on any atom is 0.199 e. The number of Topliss-reactive ketones (excluding diaryl/α,β-unsaturated/α-hetero) is 1. The fourth-order valence-corrected chi connectivity index (χ4v) is 2.51. The summed E-state index contributed by atoms with van der Waals surface area (Å²) in [5.74, 6) is 0.652. The largest absolute Gasteiger partial charge is 0.477 e. The highest BCUT2D eigenvalue weighted by atomic mass is 16.5. The van der Waals surface area contributed by atoms with Crippen molar-refractivity contribution in [3.63, 3.8) is 0 Å². The van der Waals surface area contributed by atoms with Crippen molar-refractivity contribution in [2.45, 2.75) is 32.3 Å². The van der Waals surface area contributed by atoms with E-state index in [0.29, 0.717) is 5.90 Å². The van der Waals surface area contributed by atoms with Crippen LogP contribution in [0.1, 0.15) is 36.5 Å². The molecule has 0 radical (unpaired) electrons. The standard InChI is InChI=1S/C14H15NO2/c1-2-9-7-8-11-13(16)10-5-3-4-6-12(10)15-14(11)17-9/h3-6,9,11H,2,7-8H2,1H3. The van der Waals surface area contributed by atoms with Crippen LogP contribution in [0.25, 0.3) is 0 Å². The highest BCUT2D eigenvalue weighted by molar-refractivity contribution is 6.16. The molecule has 2 heterocycles. The molecule has 0 saturated carbocycles. The van der Waals surface area contributed by atoms with E-state index in [-0.39, 0.29) is 17.8 Å². The third-order valence-electron chi connectivity index (χ3n) is 3.53. The smallest absolute Gasteiger partial charge is 0.199 e. The maximum absolute atomic E-state index is 12.3. The summed E-state index contributed by atoms with van der Waals surface area (Å²) in [6, 6.07) is 7.51. The summed E-state index contributed by atoms with van der Waals surface area (Å²) < 4.78 is 5.80. The lowest BCUT2D eigenvalue weighted by atomic mass is 9.86. The summed E-state index contributed by atoms with van der Waals surface area (Å²) in [7, 11) is 0. The van der Waals surface area contributed by atoms with Gasteiger partial charge in [0.25, 0.3) is 0 Å². The predicted octanol–water partition coefficient (Wildman–Crippen LogP) is 3.12. The number of para-hydroxylation sites is 1. The molecule has 0 aliphatic carbocycles. The molecule has 0 bridgehead atoms. The molecule has 0 amide bonds. The number of hydrogen-bond acceptors (Lipinski definition) is 3. The molecule has 2 unspecified atom stereocenters. The lowest BCUT2D eigenvalue weighted by Gasteiger charge is -2.32. The fraction of sp³-hybridized carbons (Fsp3) is 0.429. The Morgan fingerprint density at radius 2 is 2.18 bits per heavy atom. The molecule has 2 aliphatic heterocycles. The van der Waals surface area contributed by atoms with E-state index in [1.165, 1.54) is 0 Å². The molecule has 0 N–H and O–H groups in total. The topological polar surface area (TPSA) is 38.7 Å². The van der Waals surface area contributed by atoms with Gasteiger partial charge in [-0.25, -0.2) is 4.99 Å². The van der Waals surface area contributed by atoms with Crippen molar-refractivity contribution in [3.05, 3.63) is 29.8 Å². The van der Waals surface area contributed by atoms with Gasteiger partial charge in [0.15, 0.2) is 11.7 Å². The number of aliphatic imine (C=N–C) groups is 1. The summed E-state index contributed by atoms with van der Waals surface area (Å²) in [6.45, 7) is 2.10. The molecule has 0 aromatic heterocycles. The molecule has 1 fully saturated rings. The van der Waals surface area contributed by atoms with Crippen LogP contribution in [-0.2, 0) is 4.74 Å². The number of nitrogens with zero attached hydrogens (tertiary/aromatic N) is 1. The SMILES string of the molecule is CCC1CCC2C(=O)c3ccccc3N=C2O1. The molecule has 1 saturated heterocycles. The van der Waals surface area contributed by atoms with Gasteiger partial charge >= 0.3 is 0 Å². The van der Waals surface area contributed by atoms with Crippen LogP contribution in [0.4, 0.5) is 5.69 Å². The third-order valence-corrected chi connectivity index (χ3v) is 3.53. The first-order valence-corrected chi connectivity index (χ1v) is 6.18.